The summed E-state index contributed by atoms with van der Waals surface area (Å²) in [4.78, 5) is 0. The zero-order valence-electron chi connectivity index (χ0n) is 11.5. The smallest absolute Gasteiger partial charge is 0.126 e. The van der Waals surface area contributed by atoms with Crippen molar-refractivity contribution >= 4 is 11.6 Å². The lowest BCUT2D eigenvalue weighted by atomic mass is 9.74. The second-order valence-corrected chi connectivity index (χ2v) is 6.64. The minimum atomic E-state index is -0.502. The Kier molecular flexibility index (Phi) is 4.83. The number of hydrogen-bond donors (Lipinski definition) is 0. The molecule has 0 amide bonds. The Hall–Kier alpha value is -0.630. The predicted octanol–water partition coefficient (Wildman–Crippen LogP) is 5.19. The van der Waals surface area contributed by atoms with Crippen LogP contribution in [-0.4, -0.2) is 5.38 Å². The van der Waals surface area contributed by atoms with E-state index >= 15 is 0 Å². The van der Waals surface area contributed by atoms with Gasteiger partial charge in [0.25, 0.3) is 0 Å². The first-order valence-electron chi connectivity index (χ1n) is 7.04. The summed E-state index contributed by atoms with van der Waals surface area (Å²) in [7, 11) is 0. The Balaban J connectivity index is 2.07. The first-order valence-corrected chi connectivity index (χ1v) is 7.48. The molecule has 1 aliphatic carbocycles. The molecule has 1 aliphatic rings. The fraction of sp³-hybridized carbons (Fsp3) is 0.625. The third-order valence-electron chi connectivity index (χ3n) is 4.29. The normalized spacial score (nSPS) is 27.8. The van der Waals surface area contributed by atoms with Crippen LogP contribution in [0.2, 0.25) is 0 Å². The molecule has 1 aromatic carbocycles. The standard InChI is InChI=1S/C16H21ClF2/c1-10(2)12-3-4-16(17)13(8-12)5-11-6-14(18)9-15(19)7-11/h6-7,9-10,12-13,16H,3-5,8H2,1-2H3. The Morgan fingerprint density at radius 1 is 1.16 bits per heavy atom. The van der Waals surface area contributed by atoms with Gasteiger partial charge < -0.3 is 0 Å². The molecule has 0 bridgehead atoms. The van der Waals surface area contributed by atoms with Gasteiger partial charge in [-0.2, -0.15) is 0 Å². The minimum absolute atomic E-state index is 0.126. The fourth-order valence-electron chi connectivity index (χ4n) is 3.11. The molecule has 106 valence electrons. The van der Waals surface area contributed by atoms with Gasteiger partial charge in [0.05, 0.1) is 0 Å². The van der Waals surface area contributed by atoms with Gasteiger partial charge in [-0.05, 0) is 61.1 Å². The van der Waals surface area contributed by atoms with Crippen LogP contribution >= 0.6 is 11.6 Å². The van der Waals surface area contributed by atoms with E-state index in [1.807, 2.05) is 0 Å². The molecule has 3 atom stereocenters. The number of hydrogen-bond acceptors (Lipinski definition) is 0. The topological polar surface area (TPSA) is 0 Å². The number of halogens is 3. The van der Waals surface area contributed by atoms with Crippen molar-refractivity contribution in [3.63, 3.8) is 0 Å². The van der Waals surface area contributed by atoms with E-state index in [-0.39, 0.29) is 5.38 Å². The summed E-state index contributed by atoms with van der Waals surface area (Å²) in [5, 5.41) is 0.126. The van der Waals surface area contributed by atoms with E-state index in [2.05, 4.69) is 13.8 Å². The summed E-state index contributed by atoms with van der Waals surface area (Å²) in [6.45, 7) is 4.47. The monoisotopic (exact) mass is 286 g/mol. The van der Waals surface area contributed by atoms with E-state index in [1.165, 1.54) is 18.6 Å². The first-order chi connectivity index (χ1) is 8.95. The summed E-state index contributed by atoms with van der Waals surface area (Å²) >= 11 is 6.39. The van der Waals surface area contributed by atoms with Gasteiger partial charge in [-0.3, -0.25) is 0 Å². The van der Waals surface area contributed by atoms with Gasteiger partial charge in [-0.1, -0.05) is 13.8 Å². The van der Waals surface area contributed by atoms with Crippen molar-refractivity contribution in [1.82, 2.24) is 0 Å². The van der Waals surface area contributed by atoms with Crippen LogP contribution < -0.4 is 0 Å². The lowest BCUT2D eigenvalue weighted by molar-refractivity contribution is 0.218. The SMILES string of the molecule is CC(C)C1CCC(Cl)C(Cc2cc(F)cc(F)c2)C1. The van der Waals surface area contributed by atoms with Crippen LogP contribution in [0, 0.1) is 29.4 Å². The molecule has 1 saturated carbocycles. The van der Waals surface area contributed by atoms with Crippen molar-refractivity contribution in [2.75, 3.05) is 0 Å². The number of rotatable bonds is 3. The third kappa shape index (κ3) is 3.92. The minimum Gasteiger partial charge on any atom is -0.207 e. The van der Waals surface area contributed by atoms with Crippen LogP contribution in [0.15, 0.2) is 18.2 Å². The molecule has 0 heterocycles. The quantitative estimate of drug-likeness (QED) is 0.671. The van der Waals surface area contributed by atoms with E-state index in [1.54, 1.807) is 0 Å². The molecule has 0 saturated heterocycles. The molecular weight excluding hydrogens is 266 g/mol. The largest absolute Gasteiger partial charge is 0.207 e. The van der Waals surface area contributed by atoms with Crippen LogP contribution in [-0.2, 0) is 6.42 Å². The Morgan fingerprint density at radius 3 is 2.37 bits per heavy atom. The zero-order valence-corrected chi connectivity index (χ0v) is 12.3. The summed E-state index contributed by atoms with van der Waals surface area (Å²) < 4.78 is 26.4. The molecule has 0 spiro atoms. The van der Waals surface area contributed by atoms with Gasteiger partial charge in [0.1, 0.15) is 11.6 Å². The zero-order chi connectivity index (χ0) is 14.0. The van der Waals surface area contributed by atoms with Crippen LogP contribution in [0.25, 0.3) is 0 Å². The maximum Gasteiger partial charge on any atom is 0.126 e. The van der Waals surface area contributed by atoms with Gasteiger partial charge in [0.2, 0.25) is 0 Å². The number of benzene rings is 1. The molecule has 19 heavy (non-hydrogen) atoms. The van der Waals surface area contributed by atoms with E-state index in [4.69, 9.17) is 11.6 Å². The van der Waals surface area contributed by atoms with E-state index in [9.17, 15) is 8.78 Å². The fourth-order valence-corrected chi connectivity index (χ4v) is 3.43. The Labute approximate surface area is 119 Å². The van der Waals surface area contributed by atoms with Crippen molar-refractivity contribution in [3.8, 4) is 0 Å². The van der Waals surface area contributed by atoms with Crippen LogP contribution in [0.3, 0.4) is 0 Å². The average Bonchev–Trinajstić information content (AvgIpc) is 2.30. The first kappa shape index (κ1) is 14.8. The lowest BCUT2D eigenvalue weighted by Crippen LogP contribution is -2.29. The lowest BCUT2D eigenvalue weighted by Gasteiger charge is -2.35. The van der Waals surface area contributed by atoms with Crippen molar-refractivity contribution in [2.24, 2.45) is 17.8 Å². The Bertz CT molecular complexity index is 411. The van der Waals surface area contributed by atoms with E-state index in [0.717, 1.165) is 24.5 Å². The summed E-state index contributed by atoms with van der Waals surface area (Å²) in [6.07, 6.45) is 3.91. The van der Waals surface area contributed by atoms with Crippen LogP contribution in [0.1, 0.15) is 38.7 Å². The van der Waals surface area contributed by atoms with Gasteiger partial charge >= 0.3 is 0 Å². The second-order valence-electron chi connectivity index (χ2n) is 6.08. The number of alkyl halides is 1. The van der Waals surface area contributed by atoms with Gasteiger partial charge in [0, 0.05) is 11.4 Å². The molecule has 0 aliphatic heterocycles. The maximum atomic E-state index is 13.2. The summed E-state index contributed by atoms with van der Waals surface area (Å²) in [5.74, 6) is 0.646. The summed E-state index contributed by atoms with van der Waals surface area (Å²) in [6, 6.07) is 3.76. The van der Waals surface area contributed by atoms with E-state index in [0.29, 0.717) is 24.2 Å². The molecule has 0 nitrogen and oxygen atoms in total. The molecule has 3 heteroatoms. The second kappa shape index (κ2) is 6.21. The van der Waals surface area contributed by atoms with Crippen molar-refractivity contribution < 1.29 is 8.78 Å². The Morgan fingerprint density at radius 2 is 1.79 bits per heavy atom. The highest BCUT2D eigenvalue weighted by Crippen LogP contribution is 2.38. The maximum absolute atomic E-state index is 13.2. The van der Waals surface area contributed by atoms with Gasteiger partial charge in [0.15, 0.2) is 0 Å². The molecule has 0 aromatic heterocycles. The van der Waals surface area contributed by atoms with E-state index < -0.39 is 11.6 Å². The highest BCUT2D eigenvalue weighted by atomic mass is 35.5. The molecule has 0 radical (unpaired) electrons. The average molecular weight is 287 g/mol. The van der Waals surface area contributed by atoms with Crippen molar-refractivity contribution in [1.29, 1.82) is 0 Å². The third-order valence-corrected chi connectivity index (χ3v) is 4.87. The molecule has 1 aromatic rings. The molecule has 0 N–H and O–H groups in total. The molecule has 3 unspecified atom stereocenters. The summed E-state index contributed by atoms with van der Waals surface area (Å²) in [5.41, 5.74) is 0.720. The highest BCUT2D eigenvalue weighted by molar-refractivity contribution is 6.20. The predicted molar refractivity (Wildman–Crippen MR) is 75.4 cm³/mol. The van der Waals surface area contributed by atoms with Crippen LogP contribution in [0.5, 0.6) is 0 Å². The molecule has 1 fully saturated rings. The highest BCUT2D eigenvalue weighted by Gasteiger charge is 2.30. The van der Waals surface area contributed by atoms with Crippen molar-refractivity contribution in [2.45, 2.75) is 44.9 Å². The van der Waals surface area contributed by atoms with Gasteiger partial charge in [-0.15, -0.1) is 11.6 Å². The van der Waals surface area contributed by atoms with Gasteiger partial charge in [-0.25, -0.2) is 8.78 Å². The van der Waals surface area contributed by atoms with Crippen LogP contribution in [0.4, 0.5) is 8.78 Å². The molecule has 2 rings (SSSR count). The van der Waals surface area contributed by atoms with Crippen molar-refractivity contribution in [3.05, 3.63) is 35.4 Å². The molecular formula is C16H21ClF2.